The van der Waals surface area contributed by atoms with Crippen LogP contribution < -0.4 is 10.6 Å². The van der Waals surface area contributed by atoms with Gasteiger partial charge in [0.05, 0.1) is 6.10 Å². The molecule has 1 unspecified atom stereocenters. The first kappa shape index (κ1) is 14.3. The van der Waals surface area contributed by atoms with Crippen LogP contribution in [0.15, 0.2) is 36.4 Å². The zero-order valence-corrected chi connectivity index (χ0v) is 11.8. The quantitative estimate of drug-likeness (QED) is 0.753. The predicted molar refractivity (Wildman–Crippen MR) is 80.8 cm³/mol. The van der Waals surface area contributed by atoms with Crippen LogP contribution in [0.3, 0.4) is 0 Å². The summed E-state index contributed by atoms with van der Waals surface area (Å²) >= 11 is 0. The number of aliphatic hydroxyl groups excluding tert-OH is 1. The van der Waals surface area contributed by atoms with Gasteiger partial charge >= 0.3 is 0 Å². The number of hydrogen-bond donors (Lipinski definition) is 3. The Morgan fingerprint density at radius 1 is 1.15 bits per heavy atom. The Bertz CT molecular complexity index is 545. The van der Waals surface area contributed by atoms with Gasteiger partial charge in [0, 0.05) is 24.8 Å². The summed E-state index contributed by atoms with van der Waals surface area (Å²) in [6.45, 7) is 5.10. The number of aromatic nitrogens is 2. The largest absolute Gasteiger partial charge is 0.387 e. The number of aliphatic hydroxyl groups is 1. The summed E-state index contributed by atoms with van der Waals surface area (Å²) in [6.07, 6.45) is -0.561. The molecule has 0 aliphatic heterocycles. The van der Waals surface area contributed by atoms with E-state index >= 15 is 0 Å². The molecule has 20 heavy (non-hydrogen) atoms. The fourth-order valence-electron chi connectivity index (χ4n) is 1.89. The predicted octanol–water partition coefficient (Wildman–Crippen LogP) is 2.36. The van der Waals surface area contributed by atoms with Crippen LogP contribution in [0.5, 0.6) is 0 Å². The molecule has 0 saturated heterocycles. The van der Waals surface area contributed by atoms with Crippen LogP contribution in [0.4, 0.5) is 11.8 Å². The third kappa shape index (κ3) is 3.93. The molecule has 0 fully saturated rings. The minimum Gasteiger partial charge on any atom is -0.387 e. The summed E-state index contributed by atoms with van der Waals surface area (Å²) < 4.78 is 0. The maximum Gasteiger partial charge on any atom is 0.224 e. The minimum atomic E-state index is -0.561. The van der Waals surface area contributed by atoms with Gasteiger partial charge in [0.25, 0.3) is 0 Å². The number of nitrogens with one attached hydrogen (secondary N) is 2. The highest BCUT2D eigenvalue weighted by molar-refractivity contribution is 5.42. The minimum absolute atomic E-state index is 0.409. The van der Waals surface area contributed by atoms with Crippen molar-refractivity contribution in [3.63, 3.8) is 0 Å². The average molecular weight is 272 g/mol. The molecule has 0 radical (unpaired) electrons. The summed E-state index contributed by atoms with van der Waals surface area (Å²) in [7, 11) is 0. The van der Waals surface area contributed by atoms with Crippen LogP contribution in [0.25, 0.3) is 0 Å². The number of nitrogens with zero attached hydrogens (tertiary/aromatic N) is 2. The molecule has 0 aliphatic carbocycles. The lowest BCUT2D eigenvalue weighted by Crippen LogP contribution is -2.14. The van der Waals surface area contributed by atoms with E-state index in [-0.39, 0.29) is 0 Å². The van der Waals surface area contributed by atoms with Crippen molar-refractivity contribution in [3.05, 3.63) is 47.7 Å². The lowest BCUT2D eigenvalue weighted by atomic mass is 10.1. The Labute approximate surface area is 119 Å². The maximum absolute atomic E-state index is 10.1. The van der Waals surface area contributed by atoms with Gasteiger partial charge in [0.1, 0.15) is 5.82 Å². The van der Waals surface area contributed by atoms with E-state index in [2.05, 4.69) is 20.6 Å². The highest BCUT2D eigenvalue weighted by Gasteiger charge is 2.07. The van der Waals surface area contributed by atoms with Crippen molar-refractivity contribution in [1.29, 1.82) is 0 Å². The van der Waals surface area contributed by atoms with E-state index in [1.807, 2.05) is 50.2 Å². The zero-order valence-electron chi connectivity index (χ0n) is 11.8. The van der Waals surface area contributed by atoms with E-state index in [0.29, 0.717) is 18.3 Å². The molecule has 1 heterocycles. The first-order chi connectivity index (χ1) is 9.69. The van der Waals surface area contributed by atoms with Gasteiger partial charge in [-0.25, -0.2) is 4.98 Å². The first-order valence-electron chi connectivity index (χ1n) is 6.75. The molecule has 106 valence electrons. The molecule has 0 bridgehead atoms. The molecule has 2 rings (SSSR count). The Morgan fingerprint density at radius 2 is 1.90 bits per heavy atom. The van der Waals surface area contributed by atoms with Gasteiger partial charge in [0.2, 0.25) is 5.95 Å². The molecular weight excluding hydrogens is 252 g/mol. The van der Waals surface area contributed by atoms with Crippen LogP contribution in [0.1, 0.15) is 24.3 Å². The molecule has 0 amide bonds. The van der Waals surface area contributed by atoms with Crippen LogP contribution in [0.2, 0.25) is 0 Å². The SMILES string of the molecule is CCNc1nc(C)cc(NCC(O)c2ccccc2)n1. The molecule has 1 aromatic carbocycles. The van der Waals surface area contributed by atoms with Crippen molar-refractivity contribution in [1.82, 2.24) is 9.97 Å². The second-order valence-corrected chi connectivity index (χ2v) is 4.56. The zero-order chi connectivity index (χ0) is 14.4. The van der Waals surface area contributed by atoms with Crippen LogP contribution >= 0.6 is 0 Å². The molecule has 0 spiro atoms. The summed E-state index contributed by atoms with van der Waals surface area (Å²) in [5.74, 6) is 1.31. The molecule has 3 N–H and O–H groups in total. The van der Waals surface area contributed by atoms with E-state index < -0.39 is 6.10 Å². The van der Waals surface area contributed by atoms with Crippen LogP contribution in [0, 0.1) is 6.92 Å². The first-order valence-corrected chi connectivity index (χ1v) is 6.75. The van der Waals surface area contributed by atoms with Crippen molar-refractivity contribution < 1.29 is 5.11 Å². The van der Waals surface area contributed by atoms with Gasteiger partial charge in [-0.05, 0) is 19.4 Å². The van der Waals surface area contributed by atoms with Crippen molar-refractivity contribution in [3.8, 4) is 0 Å². The smallest absolute Gasteiger partial charge is 0.224 e. The van der Waals surface area contributed by atoms with E-state index in [9.17, 15) is 5.11 Å². The van der Waals surface area contributed by atoms with E-state index in [1.165, 1.54) is 0 Å². The molecule has 5 nitrogen and oxygen atoms in total. The number of hydrogen-bond acceptors (Lipinski definition) is 5. The maximum atomic E-state index is 10.1. The van der Waals surface area contributed by atoms with Crippen molar-refractivity contribution in [2.24, 2.45) is 0 Å². The Kier molecular flexibility index (Phi) is 4.90. The second kappa shape index (κ2) is 6.86. The van der Waals surface area contributed by atoms with Crippen LogP contribution in [-0.4, -0.2) is 28.2 Å². The van der Waals surface area contributed by atoms with Gasteiger partial charge in [-0.2, -0.15) is 4.98 Å². The number of benzene rings is 1. The highest BCUT2D eigenvalue weighted by atomic mass is 16.3. The average Bonchev–Trinajstić information content (AvgIpc) is 2.45. The topological polar surface area (TPSA) is 70.1 Å². The van der Waals surface area contributed by atoms with Gasteiger partial charge < -0.3 is 15.7 Å². The Hall–Kier alpha value is -2.14. The van der Waals surface area contributed by atoms with E-state index in [1.54, 1.807) is 0 Å². The normalized spacial score (nSPS) is 11.9. The monoisotopic (exact) mass is 272 g/mol. The van der Waals surface area contributed by atoms with Crippen molar-refractivity contribution in [2.75, 3.05) is 23.7 Å². The lowest BCUT2D eigenvalue weighted by Gasteiger charge is -2.13. The fraction of sp³-hybridized carbons (Fsp3) is 0.333. The number of anilines is 2. The summed E-state index contributed by atoms with van der Waals surface area (Å²) in [6, 6.07) is 11.4. The van der Waals surface area contributed by atoms with Gasteiger partial charge in [-0.15, -0.1) is 0 Å². The lowest BCUT2D eigenvalue weighted by molar-refractivity contribution is 0.191. The van der Waals surface area contributed by atoms with Crippen molar-refractivity contribution >= 4 is 11.8 Å². The molecule has 1 aromatic heterocycles. The van der Waals surface area contributed by atoms with Gasteiger partial charge in [0.15, 0.2) is 0 Å². The summed E-state index contributed by atoms with van der Waals surface area (Å²) in [5.41, 5.74) is 1.77. The molecular formula is C15H20N4O. The number of aryl methyl sites for hydroxylation is 1. The molecule has 0 saturated carbocycles. The molecule has 2 aromatic rings. The molecule has 1 atom stereocenters. The van der Waals surface area contributed by atoms with Crippen molar-refractivity contribution in [2.45, 2.75) is 20.0 Å². The fourth-order valence-corrected chi connectivity index (χ4v) is 1.89. The third-order valence-electron chi connectivity index (χ3n) is 2.85. The van der Waals surface area contributed by atoms with Crippen LogP contribution in [-0.2, 0) is 0 Å². The summed E-state index contributed by atoms with van der Waals surface area (Å²) in [4.78, 5) is 8.63. The molecule has 5 heteroatoms. The van der Waals surface area contributed by atoms with Gasteiger partial charge in [-0.1, -0.05) is 30.3 Å². The molecule has 0 aliphatic rings. The van der Waals surface area contributed by atoms with E-state index in [0.717, 1.165) is 17.8 Å². The number of rotatable bonds is 6. The van der Waals surface area contributed by atoms with E-state index in [4.69, 9.17) is 0 Å². The Balaban J connectivity index is 2.00. The summed E-state index contributed by atoms with van der Waals surface area (Å²) in [5, 5.41) is 16.3. The Morgan fingerprint density at radius 3 is 2.60 bits per heavy atom. The standard InChI is InChI=1S/C15H20N4O/c1-3-16-15-18-11(2)9-14(19-15)17-10-13(20)12-7-5-4-6-8-12/h4-9,13,20H,3,10H2,1-2H3,(H2,16,17,18,19). The van der Waals surface area contributed by atoms with Gasteiger partial charge in [-0.3, -0.25) is 0 Å². The third-order valence-corrected chi connectivity index (χ3v) is 2.85. The second-order valence-electron chi connectivity index (χ2n) is 4.56. The highest BCUT2D eigenvalue weighted by Crippen LogP contribution is 2.14.